The van der Waals surface area contributed by atoms with Gasteiger partial charge in [0.1, 0.15) is 38.3 Å². The molecular weight excluding hydrogens is 688 g/mol. The van der Waals surface area contributed by atoms with Crippen LogP contribution in [0.25, 0.3) is 21.5 Å². The number of phenolic OH excluding ortho intramolecular Hbond substituents is 3. The molecule has 243 valence electrons. The van der Waals surface area contributed by atoms with Gasteiger partial charge in [0.15, 0.2) is 11.5 Å². The fraction of sp³-hybridized carbons (Fsp3) is 0.133. The predicted octanol–water partition coefficient (Wildman–Crippen LogP) is 7.67. The van der Waals surface area contributed by atoms with Gasteiger partial charge in [0.2, 0.25) is 0 Å². The minimum atomic E-state index is -4.74. The average Bonchev–Trinajstić information content (AvgIpc) is 2.92. The fourth-order valence-electron chi connectivity index (χ4n) is 5.06. The van der Waals surface area contributed by atoms with Gasteiger partial charge in [-0.25, -0.2) is 0 Å². The Labute approximate surface area is 273 Å². The summed E-state index contributed by atoms with van der Waals surface area (Å²) < 4.78 is 67.7. The molecular formula is C30H26CuN4O9S2. The monoisotopic (exact) mass is 713 g/mol. The minimum Gasteiger partial charge on any atom is -0.506 e. The molecule has 0 amide bonds. The van der Waals surface area contributed by atoms with Crippen molar-refractivity contribution in [3.05, 3.63) is 76.9 Å². The first-order valence-electron chi connectivity index (χ1n) is 13.1. The van der Waals surface area contributed by atoms with Crippen molar-refractivity contribution >= 4 is 64.5 Å². The zero-order valence-corrected chi connectivity index (χ0v) is 27.0. The molecule has 46 heavy (non-hydrogen) atoms. The molecule has 0 heterocycles. The molecule has 0 aromatic heterocycles. The molecule has 5 aromatic rings. The summed E-state index contributed by atoms with van der Waals surface area (Å²) in [5, 5.41) is 49.4. The van der Waals surface area contributed by atoms with E-state index in [1.54, 1.807) is 39.8 Å². The van der Waals surface area contributed by atoms with Crippen molar-refractivity contribution in [2.45, 2.75) is 37.5 Å². The van der Waals surface area contributed by atoms with Crippen molar-refractivity contribution in [3.63, 3.8) is 0 Å². The summed E-state index contributed by atoms with van der Waals surface area (Å²) in [7, 11) is -9.36. The van der Waals surface area contributed by atoms with Crippen LogP contribution in [0, 0.1) is 27.7 Å². The topological polar surface area (TPSA) is 219 Å². The molecule has 0 atom stereocenters. The maximum Gasteiger partial charge on any atom is 0.296 e. The van der Waals surface area contributed by atoms with Crippen molar-refractivity contribution in [1.82, 2.24) is 0 Å². The van der Waals surface area contributed by atoms with Crippen LogP contribution in [-0.4, -0.2) is 41.3 Å². The van der Waals surface area contributed by atoms with Gasteiger partial charge in [0.25, 0.3) is 20.2 Å². The predicted molar refractivity (Wildman–Crippen MR) is 166 cm³/mol. The Morgan fingerprint density at radius 1 is 0.543 bits per heavy atom. The second kappa shape index (κ2) is 12.4. The van der Waals surface area contributed by atoms with Crippen LogP contribution in [0.5, 0.6) is 17.2 Å². The molecule has 0 aliphatic heterocycles. The number of azo groups is 2. The Balaban J connectivity index is 0.00000480. The third-order valence-corrected chi connectivity index (χ3v) is 8.87. The van der Waals surface area contributed by atoms with Gasteiger partial charge in [-0.15, -0.1) is 20.5 Å². The Morgan fingerprint density at radius 3 is 1.83 bits per heavy atom. The quantitative estimate of drug-likeness (QED) is 0.0661. The second-order valence-electron chi connectivity index (χ2n) is 10.5. The van der Waals surface area contributed by atoms with Crippen LogP contribution in [0.2, 0.25) is 0 Å². The van der Waals surface area contributed by atoms with E-state index < -0.39 is 35.8 Å². The molecule has 1 radical (unpaired) electrons. The summed E-state index contributed by atoms with van der Waals surface area (Å²) in [5.74, 6) is -1.15. The third kappa shape index (κ3) is 6.44. The Kier molecular flexibility index (Phi) is 9.28. The minimum absolute atomic E-state index is 0. The van der Waals surface area contributed by atoms with E-state index in [-0.39, 0.29) is 72.9 Å². The molecule has 13 nitrogen and oxygen atoms in total. The van der Waals surface area contributed by atoms with Crippen molar-refractivity contribution in [2.24, 2.45) is 20.5 Å². The maximum absolute atomic E-state index is 12.2. The van der Waals surface area contributed by atoms with E-state index in [0.717, 1.165) is 6.07 Å². The summed E-state index contributed by atoms with van der Waals surface area (Å²) in [4.78, 5) is -0.955. The van der Waals surface area contributed by atoms with Crippen LogP contribution in [0.3, 0.4) is 0 Å². The zero-order valence-electron chi connectivity index (χ0n) is 24.5. The van der Waals surface area contributed by atoms with E-state index in [4.69, 9.17) is 0 Å². The largest absolute Gasteiger partial charge is 0.506 e. The molecule has 0 fully saturated rings. The SMILES string of the molecule is Cc1ccc(N=Nc2c(C)cc3c(N=Nc4cc(S(=O)(=O)O)c5cc(C)cc(C)c5c4O)c(O)ccc3c2O)c(S(=O)(=O)O)c1.[Cu]. The van der Waals surface area contributed by atoms with Gasteiger partial charge in [-0.3, -0.25) is 9.11 Å². The molecule has 0 aliphatic rings. The molecule has 5 N–H and O–H groups in total. The number of benzene rings is 5. The number of phenols is 3. The molecule has 0 unspecified atom stereocenters. The van der Waals surface area contributed by atoms with Gasteiger partial charge < -0.3 is 15.3 Å². The number of aryl methyl sites for hydroxylation is 4. The van der Waals surface area contributed by atoms with Crippen molar-refractivity contribution in [3.8, 4) is 17.2 Å². The molecule has 5 aromatic carbocycles. The normalized spacial score (nSPS) is 12.4. The second-order valence-corrected chi connectivity index (χ2v) is 13.3. The average molecular weight is 714 g/mol. The molecule has 0 aliphatic carbocycles. The first-order valence-corrected chi connectivity index (χ1v) is 16.0. The Morgan fingerprint density at radius 2 is 1.17 bits per heavy atom. The van der Waals surface area contributed by atoms with Crippen LogP contribution >= 0.6 is 0 Å². The summed E-state index contributed by atoms with van der Waals surface area (Å²) >= 11 is 0. The Bertz CT molecular complexity index is 2360. The van der Waals surface area contributed by atoms with Gasteiger partial charge in [-0.05, 0) is 86.8 Å². The van der Waals surface area contributed by atoms with Crippen LogP contribution in [0.1, 0.15) is 22.3 Å². The van der Waals surface area contributed by atoms with Gasteiger partial charge >= 0.3 is 0 Å². The number of fused-ring (bicyclic) bond motifs is 2. The first kappa shape index (κ1) is 34.4. The van der Waals surface area contributed by atoms with Gasteiger partial charge in [-0.2, -0.15) is 16.8 Å². The van der Waals surface area contributed by atoms with Gasteiger partial charge in [-0.1, -0.05) is 17.7 Å². The van der Waals surface area contributed by atoms with E-state index in [0.29, 0.717) is 22.3 Å². The molecule has 0 saturated heterocycles. The molecule has 16 heteroatoms. The van der Waals surface area contributed by atoms with E-state index in [9.17, 15) is 41.3 Å². The maximum atomic E-state index is 12.2. The van der Waals surface area contributed by atoms with Crippen LogP contribution in [-0.2, 0) is 37.3 Å². The fourth-order valence-corrected chi connectivity index (χ4v) is 6.47. The van der Waals surface area contributed by atoms with E-state index in [1.165, 1.54) is 36.4 Å². The van der Waals surface area contributed by atoms with Crippen molar-refractivity contribution in [1.29, 1.82) is 0 Å². The number of hydrogen-bond donors (Lipinski definition) is 5. The number of hydrogen-bond acceptors (Lipinski definition) is 11. The summed E-state index contributed by atoms with van der Waals surface area (Å²) in [6, 6.07) is 12.4. The number of aromatic hydroxyl groups is 3. The van der Waals surface area contributed by atoms with Gasteiger partial charge in [0.05, 0.1) is 0 Å². The first-order chi connectivity index (χ1) is 21.0. The van der Waals surface area contributed by atoms with Gasteiger partial charge in [0, 0.05) is 38.6 Å². The van der Waals surface area contributed by atoms with Crippen LogP contribution in [0.4, 0.5) is 22.7 Å². The molecule has 5 rings (SSSR count). The van der Waals surface area contributed by atoms with E-state index in [2.05, 4.69) is 20.5 Å². The van der Waals surface area contributed by atoms with E-state index >= 15 is 0 Å². The summed E-state index contributed by atoms with van der Waals surface area (Å²) in [6.07, 6.45) is 0. The van der Waals surface area contributed by atoms with Crippen molar-refractivity contribution in [2.75, 3.05) is 0 Å². The molecule has 0 bridgehead atoms. The van der Waals surface area contributed by atoms with E-state index in [1.807, 2.05) is 0 Å². The number of nitrogens with zero attached hydrogens (tertiary/aromatic N) is 4. The molecule has 0 saturated carbocycles. The summed E-state index contributed by atoms with van der Waals surface area (Å²) in [6.45, 7) is 6.59. The smallest absolute Gasteiger partial charge is 0.296 e. The Hall–Kier alpha value is -4.44. The van der Waals surface area contributed by atoms with Crippen LogP contribution < -0.4 is 0 Å². The number of rotatable bonds is 6. The molecule has 0 spiro atoms. The van der Waals surface area contributed by atoms with Crippen molar-refractivity contribution < 1.29 is 58.3 Å². The zero-order chi connectivity index (χ0) is 33.0. The van der Waals surface area contributed by atoms with Crippen LogP contribution in [0.15, 0.2) is 84.8 Å². The standard InChI is InChI=1S/C30H26N4O9S2.Cu/c1-14-5-7-21(25(11-14)45(41,42)43)31-33-27-17(4)12-19-18(29(27)36)6-8-23(35)28(19)34-32-22-13-24(44(38,39)40)20-10-15(2)9-16(3)26(20)30(22)37;/h5-13,35-37H,1-4H3,(H,38,39,40)(H,41,42,43);. The summed E-state index contributed by atoms with van der Waals surface area (Å²) in [5.41, 5.74) is 1.47. The third-order valence-electron chi connectivity index (χ3n) is 7.09.